The summed E-state index contributed by atoms with van der Waals surface area (Å²) in [5.74, 6) is 0.548. The van der Waals surface area contributed by atoms with Gasteiger partial charge in [0.25, 0.3) is 0 Å². The molecule has 2 saturated heterocycles. The number of carbonyl (C=O) groups excluding carboxylic acids is 1. The maximum Gasteiger partial charge on any atom is 0.227 e. The van der Waals surface area contributed by atoms with Crippen LogP contribution in [0.3, 0.4) is 0 Å². The molecule has 1 aliphatic carbocycles. The Kier molecular flexibility index (Phi) is 8.24. The van der Waals surface area contributed by atoms with E-state index in [0.717, 1.165) is 44.0 Å². The van der Waals surface area contributed by atoms with Crippen molar-refractivity contribution in [1.82, 2.24) is 19.7 Å². The number of carbonyl (C=O) groups is 1. The summed E-state index contributed by atoms with van der Waals surface area (Å²) >= 11 is 1.69. The van der Waals surface area contributed by atoms with Crippen molar-refractivity contribution >= 4 is 22.4 Å². The van der Waals surface area contributed by atoms with Crippen LogP contribution in [0.1, 0.15) is 58.8 Å². The van der Waals surface area contributed by atoms with Gasteiger partial charge in [0.1, 0.15) is 0 Å². The number of anilines is 1. The Morgan fingerprint density at radius 3 is 2.71 bits per heavy atom. The highest BCUT2D eigenvalue weighted by molar-refractivity contribution is 7.13. The number of nitrogens with zero attached hydrogens (tertiary/aromatic N) is 5. The summed E-state index contributed by atoms with van der Waals surface area (Å²) in [6.07, 6.45) is 9.96. The van der Waals surface area contributed by atoms with Crippen LogP contribution in [-0.4, -0.2) is 90.0 Å². The summed E-state index contributed by atoms with van der Waals surface area (Å²) in [6, 6.07) is 1.13. The standard InChI is InChI=1S/C24H41N5OS/c1-3-11-26-14-16-27(17-15-26)20(2)6-4-13-29(22-8-9-22)23(30)21-7-5-12-28(19-21)24-25-10-18-31-24/h10,18,20-22H,3-9,11-17,19H2,1-2H3/t20-,21+/m0/s1. The first kappa shape index (κ1) is 23.0. The number of rotatable bonds is 10. The van der Waals surface area contributed by atoms with Crippen molar-refractivity contribution in [2.45, 2.75) is 70.9 Å². The highest BCUT2D eigenvalue weighted by Gasteiger charge is 2.37. The van der Waals surface area contributed by atoms with E-state index in [1.165, 1.54) is 58.4 Å². The number of hydrogen-bond acceptors (Lipinski definition) is 6. The van der Waals surface area contributed by atoms with Gasteiger partial charge in [-0.15, -0.1) is 11.3 Å². The fourth-order valence-corrected chi connectivity index (χ4v) is 5.98. The molecule has 0 N–H and O–H groups in total. The van der Waals surface area contributed by atoms with Crippen LogP contribution in [0.5, 0.6) is 0 Å². The number of thiazole rings is 1. The van der Waals surface area contributed by atoms with E-state index in [1.807, 2.05) is 11.6 Å². The fraction of sp³-hybridized carbons (Fsp3) is 0.833. The Morgan fingerprint density at radius 1 is 1.23 bits per heavy atom. The minimum absolute atomic E-state index is 0.141. The van der Waals surface area contributed by atoms with Gasteiger partial charge < -0.3 is 14.7 Å². The lowest BCUT2D eigenvalue weighted by Crippen LogP contribution is -2.50. The van der Waals surface area contributed by atoms with Crippen molar-refractivity contribution in [3.63, 3.8) is 0 Å². The van der Waals surface area contributed by atoms with Crippen molar-refractivity contribution in [3.8, 4) is 0 Å². The third-order valence-corrected chi connectivity index (χ3v) is 8.15. The Bertz CT molecular complexity index is 672. The molecule has 0 bridgehead atoms. The van der Waals surface area contributed by atoms with Crippen LogP contribution < -0.4 is 4.90 Å². The van der Waals surface area contributed by atoms with Crippen LogP contribution >= 0.6 is 11.3 Å². The minimum Gasteiger partial charge on any atom is -0.347 e. The van der Waals surface area contributed by atoms with E-state index in [4.69, 9.17) is 0 Å². The lowest BCUT2D eigenvalue weighted by atomic mass is 9.96. The molecule has 6 nitrogen and oxygen atoms in total. The van der Waals surface area contributed by atoms with Crippen LogP contribution in [0.4, 0.5) is 5.13 Å². The van der Waals surface area contributed by atoms with Crippen LogP contribution in [0, 0.1) is 5.92 Å². The fourth-order valence-electron chi connectivity index (χ4n) is 5.30. The maximum atomic E-state index is 13.4. The van der Waals surface area contributed by atoms with Crippen molar-refractivity contribution in [3.05, 3.63) is 11.6 Å². The van der Waals surface area contributed by atoms with Gasteiger partial charge in [-0.05, 0) is 58.4 Å². The number of piperazine rings is 1. The molecule has 4 rings (SSSR count). The molecule has 31 heavy (non-hydrogen) atoms. The lowest BCUT2D eigenvalue weighted by molar-refractivity contribution is -0.136. The Labute approximate surface area is 192 Å². The quantitative estimate of drug-likeness (QED) is 0.549. The molecule has 0 aromatic carbocycles. The number of piperidine rings is 1. The van der Waals surface area contributed by atoms with Gasteiger partial charge in [0, 0.05) is 69.5 Å². The van der Waals surface area contributed by atoms with Gasteiger partial charge >= 0.3 is 0 Å². The van der Waals surface area contributed by atoms with E-state index in [-0.39, 0.29) is 5.92 Å². The summed E-state index contributed by atoms with van der Waals surface area (Å²) < 4.78 is 0. The average molecular weight is 448 g/mol. The lowest BCUT2D eigenvalue weighted by Gasteiger charge is -2.38. The molecular formula is C24H41N5OS. The smallest absolute Gasteiger partial charge is 0.227 e. The highest BCUT2D eigenvalue weighted by atomic mass is 32.1. The zero-order valence-corrected chi connectivity index (χ0v) is 20.4. The first-order chi connectivity index (χ1) is 15.2. The molecule has 3 aliphatic rings. The molecule has 0 radical (unpaired) electrons. The Morgan fingerprint density at radius 2 is 2.03 bits per heavy atom. The topological polar surface area (TPSA) is 42.9 Å². The second-order valence-corrected chi connectivity index (χ2v) is 10.6. The van der Waals surface area contributed by atoms with Crippen LogP contribution in [0.25, 0.3) is 0 Å². The first-order valence-corrected chi connectivity index (χ1v) is 13.4. The highest BCUT2D eigenvalue weighted by Crippen LogP contribution is 2.32. The second-order valence-electron chi connectivity index (χ2n) is 9.73. The molecule has 174 valence electrons. The van der Waals surface area contributed by atoms with Gasteiger partial charge in [0.2, 0.25) is 5.91 Å². The summed E-state index contributed by atoms with van der Waals surface area (Å²) in [6.45, 7) is 13.5. The molecule has 2 aliphatic heterocycles. The molecule has 1 amide bonds. The van der Waals surface area contributed by atoms with Crippen molar-refractivity contribution in [2.24, 2.45) is 5.92 Å². The minimum atomic E-state index is 0.141. The van der Waals surface area contributed by atoms with Crippen molar-refractivity contribution in [2.75, 3.05) is 57.3 Å². The second kappa shape index (κ2) is 11.1. The molecule has 1 aromatic heterocycles. The van der Waals surface area contributed by atoms with Gasteiger partial charge in [-0.3, -0.25) is 9.69 Å². The van der Waals surface area contributed by atoms with Gasteiger partial charge in [-0.25, -0.2) is 4.98 Å². The van der Waals surface area contributed by atoms with Gasteiger partial charge in [-0.2, -0.15) is 0 Å². The van der Waals surface area contributed by atoms with Gasteiger partial charge in [0.15, 0.2) is 5.13 Å². The molecule has 1 aromatic rings. The monoisotopic (exact) mass is 447 g/mol. The van der Waals surface area contributed by atoms with Crippen LogP contribution in [0.15, 0.2) is 11.6 Å². The summed E-state index contributed by atoms with van der Waals surface area (Å²) in [7, 11) is 0. The SMILES string of the molecule is CCCN1CCN([C@@H](C)CCCN(C(=O)[C@@H]2CCCN(c3nccs3)C2)C2CC2)CC1. The van der Waals surface area contributed by atoms with Gasteiger partial charge in [-0.1, -0.05) is 6.92 Å². The average Bonchev–Trinajstić information content (AvgIpc) is 3.49. The molecular weight excluding hydrogens is 406 g/mol. The zero-order valence-electron chi connectivity index (χ0n) is 19.5. The van der Waals surface area contributed by atoms with E-state index in [2.05, 4.69) is 38.4 Å². The Hall–Kier alpha value is -1.18. The van der Waals surface area contributed by atoms with E-state index < -0.39 is 0 Å². The maximum absolute atomic E-state index is 13.4. The number of aromatic nitrogens is 1. The molecule has 0 unspecified atom stereocenters. The molecule has 1 saturated carbocycles. The first-order valence-electron chi connectivity index (χ1n) is 12.6. The largest absolute Gasteiger partial charge is 0.347 e. The molecule has 3 heterocycles. The summed E-state index contributed by atoms with van der Waals surface area (Å²) in [4.78, 5) is 27.7. The zero-order chi connectivity index (χ0) is 21.6. The van der Waals surface area contributed by atoms with Gasteiger partial charge in [0.05, 0.1) is 5.92 Å². The van der Waals surface area contributed by atoms with E-state index in [9.17, 15) is 4.79 Å². The van der Waals surface area contributed by atoms with Crippen molar-refractivity contribution < 1.29 is 4.79 Å². The van der Waals surface area contributed by atoms with Crippen molar-refractivity contribution in [1.29, 1.82) is 0 Å². The predicted molar refractivity (Wildman–Crippen MR) is 129 cm³/mol. The third-order valence-electron chi connectivity index (χ3n) is 7.32. The third kappa shape index (κ3) is 6.20. The molecule has 2 atom stereocenters. The molecule has 0 spiro atoms. The van der Waals surface area contributed by atoms with Crippen LogP contribution in [0.2, 0.25) is 0 Å². The predicted octanol–water partition coefficient (Wildman–Crippen LogP) is 3.55. The summed E-state index contributed by atoms with van der Waals surface area (Å²) in [5, 5.41) is 3.10. The molecule has 7 heteroatoms. The summed E-state index contributed by atoms with van der Waals surface area (Å²) in [5.41, 5.74) is 0. The van der Waals surface area contributed by atoms with E-state index in [0.29, 0.717) is 18.0 Å². The Balaban J connectivity index is 1.23. The van der Waals surface area contributed by atoms with E-state index >= 15 is 0 Å². The van der Waals surface area contributed by atoms with Crippen LogP contribution in [-0.2, 0) is 4.79 Å². The molecule has 3 fully saturated rings. The normalized spacial score (nSPS) is 24.3. The number of hydrogen-bond donors (Lipinski definition) is 0. The van der Waals surface area contributed by atoms with E-state index in [1.54, 1.807) is 11.3 Å². The number of amides is 1.